The number of nitrogen functional groups attached to an aromatic ring is 1. The number of aromatic hydroxyl groups is 1. The van der Waals surface area contributed by atoms with Crippen LogP contribution in [0.2, 0.25) is 0 Å². The normalized spacial score (nSPS) is 23.1. The first-order chi connectivity index (χ1) is 27.7. The van der Waals surface area contributed by atoms with E-state index in [-0.39, 0.29) is 24.4 Å². The van der Waals surface area contributed by atoms with Crippen LogP contribution in [0.1, 0.15) is 92.5 Å². The van der Waals surface area contributed by atoms with Gasteiger partial charge in [0.05, 0.1) is 18.0 Å². The molecule has 57 heavy (non-hydrogen) atoms. The monoisotopic (exact) mass is 763 g/mol. The van der Waals surface area contributed by atoms with E-state index in [1.54, 1.807) is 0 Å². The number of rotatable bonds is 5. The number of phenols is 1. The van der Waals surface area contributed by atoms with Gasteiger partial charge in [0.25, 0.3) is 0 Å². The van der Waals surface area contributed by atoms with Gasteiger partial charge in [-0.05, 0) is 122 Å². The number of benzene rings is 4. The molecule has 294 valence electrons. The molecule has 0 saturated heterocycles. The summed E-state index contributed by atoms with van der Waals surface area (Å²) in [7, 11) is 0. The van der Waals surface area contributed by atoms with Crippen LogP contribution in [-0.4, -0.2) is 37.4 Å². The lowest BCUT2D eigenvalue weighted by Crippen LogP contribution is -2.43. The molecular weight excluding hydrogens is 711 g/mol. The van der Waals surface area contributed by atoms with Crippen molar-refractivity contribution < 1.29 is 24.5 Å². The number of anilines is 1. The molecule has 8 heteroatoms. The van der Waals surface area contributed by atoms with E-state index in [9.17, 15) is 15.0 Å². The molecular formula is C49H53N3O5. The maximum absolute atomic E-state index is 10.7. The van der Waals surface area contributed by atoms with Crippen LogP contribution in [0, 0.1) is 17.3 Å². The summed E-state index contributed by atoms with van der Waals surface area (Å²) in [5.74, 6) is 2.75. The molecule has 10 rings (SSSR count). The van der Waals surface area contributed by atoms with Gasteiger partial charge in [-0.3, -0.25) is 9.78 Å². The highest BCUT2D eigenvalue weighted by atomic mass is 16.4. The summed E-state index contributed by atoms with van der Waals surface area (Å²) in [6, 6.07) is 33.6. The summed E-state index contributed by atoms with van der Waals surface area (Å²) >= 11 is 0. The molecule has 2 heterocycles. The number of hydrogen-bond acceptors (Lipinski definition) is 7. The zero-order chi connectivity index (χ0) is 39.5. The topological polar surface area (TPSA) is 143 Å². The van der Waals surface area contributed by atoms with E-state index in [0.29, 0.717) is 29.2 Å². The molecule has 2 saturated carbocycles. The summed E-state index contributed by atoms with van der Waals surface area (Å²) in [6.07, 6.45) is 11.7. The largest absolute Gasteiger partial charge is 0.508 e. The van der Waals surface area contributed by atoms with Crippen LogP contribution in [0.25, 0.3) is 33.5 Å². The fourth-order valence-electron chi connectivity index (χ4n) is 10.2. The average molecular weight is 764 g/mol. The number of carboxylic acid groups (broad SMARTS) is 1. The van der Waals surface area contributed by atoms with E-state index in [4.69, 9.17) is 20.2 Å². The zero-order valence-electron chi connectivity index (χ0n) is 32.7. The van der Waals surface area contributed by atoms with Gasteiger partial charge in [0.15, 0.2) is 11.7 Å². The van der Waals surface area contributed by atoms with Crippen LogP contribution in [0.15, 0.2) is 108 Å². The number of hydrogen-bond donors (Lipinski definition) is 4. The van der Waals surface area contributed by atoms with E-state index in [0.717, 1.165) is 71.4 Å². The number of fused-ring (bicyclic) bond motifs is 7. The summed E-state index contributed by atoms with van der Waals surface area (Å²) < 4.78 is 5.83. The minimum absolute atomic E-state index is 0.00295. The van der Waals surface area contributed by atoms with Gasteiger partial charge in [-0.1, -0.05) is 91.9 Å². The van der Waals surface area contributed by atoms with Crippen molar-refractivity contribution in [2.45, 2.75) is 96.0 Å². The standard InChI is InChI=1S/C18H15NO3.C18H24O2.C13H14N2/c20-16(21)12-11-15-19-17(13-7-3-1-4-8-13)18(22-15)14-9-5-2-6-10-14;1-18-9-8-14-13-5-3-12(19)10-11(13)2-4-15(14)16(18)6-7-17(18)20;14-13-9-5-1-3-7-11(9)15-12-8-4-2-6-10(12)13/h1-10H,11-12H2,(H,20,21);3,5,10,14-17,19-20H,2,4,6-9H2,1H3;1,3,5,7H,2,4,6,8H2,(H2,14,15)/t;14-,15-,16+,17+,18+;/m.1./s1. The van der Waals surface area contributed by atoms with Gasteiger partial charge < -0.3 is 25.5 Å². The number of carbonyl (C=O) groups is 1. The quantitative estimate of drug-likeness (QED) is 0.136. The lowest BCUT2D eigenvalue weighted by Gasteiger charge is -2.50. The molecule has 0 amide bonds. The van der Waals surface area contributed by atoms with Crippen molar-refractivity contribution in [3.8, 4) is 28.3 Å². The van der Waals surface area contributed by atoms with Crippen molar-refractivity contribution in [1.29, 1.82) is 0 Å². The van der Waals surface area contributed by atoms with Gasteiger partial charge in [-0.15, -0.1) is 0 Å². The molecule has 4 aliphatic carbocycles. The van der Waals surface area contributed by atoms with E-state index in [2.05, 4.69) is 24.0 Å². The molecule has 0 bridgehead atoms. The lowest BCUT2D eigenvalue weighted by molar-refractivity contribution is -0.137. The van der Waals surface area contributed by atoms with Crippen molar-refractivity contribution in [2.75, 3.05) is 5.73 Å². The Morgan fingerprint density at radius 3 is 2.33 bits per heavy atom. The van der Waals surface area contributed by atoms with Crippen molar-refractivity contribution >= 4 is 22.6 Å². The Kier molecular flexibility index (Phi) is 11.2. The first kappa shape index (κ1) is 38.4. The molecule has 5 atom stereocenters. The van der Waals surface area contributed by atoms with Crippen LogP contribution >= 0.6 is 0 Å². The van der Waals surface area contributed by atoms with Gasteiger partial charge in [0.1, 0.15) is 11.4 Å². The number of oxazole rings is 1. The molecule has 4 aromatic carbocycles. The minimum atomic E-state index is -0.860. The number of nitrogens with zero attached hydrogens (tertiary/aromatic N) is 2. The predicted octanol–water partition coefficient (Wildman–Crippen LogP) is 10.3. The second-order valence-electron chi connectivity index (χ2n) is 16.5. The number of pyridine rings is 1. The molecule has 2 aromatic heterocycles. The van der Waals surface area contributed by atoms with Crippen LogP contribution in [0.5, 0.6) is 5.75 Å². The van der Waals surface area contributed by atoms with Gasteiger partial charge in [-0.2, -0.15) is 0 Å². The smallest absolute Gasteiger partial charge is 0.303 e. The maximum Gasteiger partial charge on any atom is 0.303 e. The number of phenolic OH excluding ortho intramolecular Hbond substituents is 1. The third kappa shape index (κ3) is 7.93. The van der Waals surface area contributed by atoms with Gasteiger partial charge in [0.2, 0.25) is 0 Å². The van der Waals surface area contributed by atoms with Crippen molar-refractivity contribution in [3.63, 3.8) is 0 Å². The summed E-state index contributed by atoms with van der Waals surface area (Å²) in [4.78, 5) is 19.9. The molecule has 4 aliphatic rings. The predicted molar refractivity (Wildman–Crippen MR) is 225 cm³/mol. The number of aliphatic hydroxyl groups excluding tert-OH is 1. The van der Waals surface area contributed by atoms with E-state index in [1.807, 2.05) is 91.0 Å². The van der Waals surface area contributed by atoms with Crippen molar-refractivity contribution in [3.05, 3.63) is 131 Å². The molecule has 2 fully saturated rings. The first-order valence-electron chi connectivity index (χ1n) is 20.7. The summed E-state index contributed by atoms with van der Waals surface area (Å²) in [5, 5.41) is 30.0. The maximum atomic E-state index is 10.7. The highest BCUT2D eigenvalue weighted by Gasteiger charge is 2.54. The van der Waals surface area contributed by atoms with Crippen molar-refractivity contribution in [1.82, 2.24) is 9.97 Å². The minimum Gasteiger partial charge on any atom is -0.508 e. The molecule has 0 aliphatic heterocycles. The zero-order valence-corrected chi connectivity index (χ0v) is 32.7. The molecule has 8 nitrogen and oxygen atoms in total. The van der Waals surface area contributed by atoms with Crippen LogP contribution in [0.4, 0.5) is 5.69 Å². The van der Waals surface area contributed by atoms with E-state index < -0.39 is 5.97 Å². The number of para-hydroxylation sites is 1. The van der Waals surface area contributed by atoms with Crippen LogP contribution in [0.3, 0.4) is 0 Å². The molecule has 6 aromatic rings. The Morgan fingerprint density at radius 2 is 1.56 bits per heavy atom. The number of aryl methyl sites for hydroxylation is 3. The fourth-order valence-corrected chi connectivity index (χ4v) is 10.2. The summed E-state index contributed by atoms with van der Waals surface area (Å²) in [6.45, 7) is 2.32. The van der Waals surface area contributed by atoms with Gasteiger partial charge >= 0.3 is 5.97 Å². The Labute approximate surface area is 334 Å². The van der Waals surface area contributed by atoms with Crippen LogP contribution in [-0.2, 0) is 30.5 Å². The SMILES string of the molecule is C[C@]12CC[C@@H]3c4ccc(O)cc4CC[C@H]3[C@@H]1CC[C@@H]2O.Nc1c2c(nc3ccccc13)CCCC2.O=C(O)CCc1nc(-c2ccccc2)c(-c2ccccc2)o1. The number of aliphatic carboxylic acids is 1. The van der Waals surface area contributed by atoms with Gasteiger partial charge in [0, 0.05) is 34.3 Å². The molecule has 0 spiro atoms. The van der Waals surface area contributed by atoms with E-state index in [1.165, 1.54) is 54.5 Å². The highest BCUT2D eigenvalue weighted by Crippen LogP contribution is 2.61. The second kappa shape index (κ2) is 16.6. The Morgan fingerprint density at radius 1 is 0.842 bits per heavy atom. The Bertz CT molecular complexity index is 2280. The van der Waals surface area contributed by atoms with Crippen LogP contribution < -0.4 is 5.73 Å². The molecule has 5 N–H and O–H groups in total. The fraction of sp³-hybridized carbons (Fsp3) is 0.367. The third-order valence-corrected chi connectivity index (χ3v) is 13.2. The Balaban J connectivity index is 0.000000122. The van der Waals surface area contributed by atoms with Gasteiger partial charge in [-0.25, -0.2) is 4.98 Å². The lowest BCUT2D eigenvalue weighted by atomic mass is 9.55. The molecule has 0 unspecified atom stereocenters. The first-order valence-corrected chi connectivity index (χ1v) is 20.7. The molecule has 0 radical (unpaired) electrons. The third-order valence-electron chi connectivity index (χ3n) is 13.2. The summed E-state index contributed by atoms with van der Waals surface area (Å²) in [5.41, 5.74) is 16.3. The number of nitrogens with two attached hydrogens (primary N) is 1. The number of aliphatic hydroxyl groups is 1. The van der Waals surface area contributed by atoms with E-state index >= 15 is 0 Å². The second-order valence-corrected chi connectivity index (χ2v) is 16.5. The average Bonchev–Trinajstić information content (AvgIpc) is 3.81. The highest BCUT2D eigenvalue weighted by molar-refractivity contribution is 5.92. The Hall–Kier alpha value is -5.47. The number of aromatic nitrogens is 2. The van der Waals surface area contributed by atoms with Crippen molar-refractivity contribution in [2.24, 2.45) is 17.3 Å². The number of carboxylic acids is 1.